The maximum absolute atomic E-state index is 11.5. The summed E-state index contributed by atoms with van der Waals surface area (Å²) in [6.45, 7) is 9.09. The lowest BCUT2D eigenvalue weighted by molar-refractivity contribution is -0.126. The Kier molecular flexibility index (Phi) is 3.65. The van der Waals surface area contributed by atoms with Gasteiger partial charge in [-0.15, -0.1) is 0 Å². The second-order valence-electron chi connectivity index (χ2n) is 5.28. The van der Waals surface area contributed by atoms with Crippen LogP contribution in [-0.2, 0) is 10.3 Å². The molecule has 0 N–H and O–H groups in total. The van der Waals surface area contributed by atoms with Crippen molar-refractivity contribution in [1.82, 2.24) is 4.90 Å². The van der Waals surface area contributed by atoms with E-state index in [0.29, 0.717) is 6.54 Å². The highest BCUT2D eigenvalue weighted by atomic mass is 16.5. The van der Waals surface area contributed by atoms with Crippen molar-refractivity contribution >= 4 is 6.41 Å². The van der Waals surface area contributed by atoms with Gasteiger partial charge in [0.2, 0.25) is 6.41 Å². The standard InChI is InChI=1S/C16H21NO2/c1-12-9-10-17(11-18)16(3,13(12)2)14-7-5-6-8-15(14)19-4/h5-8,11,13H,1,9-10H2,2-4H3. The van der Waals surface area contributed by atoms with Gasteiger partial charge in [-0.2, -0.15) is 0 Å². The van der Waals surface area contributed by atoms with Crippen molar-refractivity contribution in [3.05, 3.63) is 42.0 Å². The highest BCUT2D eigenvalue weighted by Gasteiger charge is 2.44. The number of methoxy groups -OCH3 is 1. The monoisotopic (exact) mass is 259 g/mol. The molecular formula is C16H21NO2. The Morgan fingerprint density at radius 1 is 1.47 bits per heavy atom. The molecule has 2 atom stereocenters. The van der Waals surface area contributed by atoms with Crippen LogP contribution in [0, 0.1) is 5.92 Å². The zero-order valence-corrected chi connectivity index (χ0v) is 11.8. The number of hydrogen-bond acceptors (Lipinski definition) is 2. The van der Waals surface area contributed by atoms with E-state index in [1.807, 2.05) is 29.2 Å². The first-order chi connectivity index (χ1) is 9.05. The normalized spacial score (nSPS) is 27.2. The Bertz CT molecular complexity index is 493. The lowest BCUT2D eigenvalue weighted by Crippen LogP contribution is -2.52. The van der Waals surface area contributed by atoms with E-state index in [4.69, 9.17) is 4.74 Å². The minimum Gasteiger partial charge on any atom is -0.496 e. The lowest BCUT2D eigenvalue weighted by Gasteiger charge is -2.49. The Balaban J connectivity index is 2.58. The molecule has 0 bridgehead atoms. The van der Waals surface area contributed by atoms with Crippen LogP contribution in [0.4, 0.5) is 0 Å². The van der Waals surface area contributed by atoms with E-state index in [1.54, 1.807) is 7.11 Å². The van der Waals surface area contributed by atoms with Gasteiger partial charge in [0, 0.05) is 18.0 Å². The van der Waals surface area contributed by atoms with Crippen molar-refractivity contribution < 1.29 is 9.53 Å². The number of ether oxygens (including phenoxy) is 1. The van der Waals surface area contributed by atoms with E-state index in [-0.39, 0.29) is 5.92 Å². The van der Waals surface area contributed by atoms with E-state index in [9.17, 15) is 4.79 Å². The maximum Gasteiger partial charge on any atom is 0.210 e. The number of piperidine rings is 1. The Morgan fingerprint density at radius 3 is 2.79 bits per heavy atom. The quantitative estimate of drug-likeness (QED) is 0.617. The molecule has 19 heavy (non-hydrogen) atoms. The van der Waals surface area contributed by atoms with Crippen LogP contribution in [0.3, 0.4) is 0 Å². The summed E-state index contributed by atoms with van der Waals surface area (Å²) in [5.74, 6) is 1.01. The van der Waals surface area contributed by atoms with Crippen LogP contribution < -0.4 is 4.74 Å². The highest BCUT2D eigenvalue weighted by Crippen LogP contribution is 2.45. The molecule has 1 aromatic carbocycles. The summed E-state index contributed by atoms with van der Waals surface area (Å²) in [6, 6.07) is 7.90. The molecule has 1 saturated heterocycles. The summed E-state index contributed by atoms with van der Waals surface area (Å²) in [5.41, 5.74) is 1.83. The first kappa shape index (κ1) is 13.7. The molecule has 1 aliphatic rings. The zero-order chi connectivity index (χ0) is 14.0. The summed E-state index contributed by atoms with van der Waals surface area (Å²) < 4.78 is 5.47. The molecule has 2 rings (SSSR count). The van der Waals surface area contributed by atoms with E-state index in [1.165, 1.54) is 5.57 Å². The average Bonchev–Trinajstić information content (AvgIpc) is 2.45. The van der Waals surface area contributed by atoms with Gasteiger partial charge < -0.3 is 9.64 Å². The maximum atomic E-state index is 11.5. The number of nitrogens with zero attached hydrogens (tertiary/aromatic N) is 1. The predicted octanol–water partition coefficient (Wildman–Crippen LogP) is 2.96. The van der Waals surface area contributed by atoms with Crippen molar-refractivity contribution in [2.45, 2.75) is 25.8 Å². The number of carbonyl (C=O) groups is 1. The van der Waals surface area contributed by atoms with Crippen molar-refractivity contribution in [3.8, 4) is 5.75 Å². The number of hydrogen-bond donors (Lipinski definition) is 0. The minimum atomic E-state index is -0.399. The molecule has 3 heteroatoms. The molecule has 1 aliphatic heterocycles. The van der Waals surface area contributed by atoms with E-state index < -0.39 is 5.54 Å². The first-order valence-corrected chi connectivity index (χ1v) is 6.59. The lowest BCUT2D eigenvalue weighted by atomic mass is 9.72. The fourth-order valence-corrected chi connectivity index (χ4v) is 2.97. The third kappa shape index (κ3) is 2.03. The smallest absolute Gasteiger partial charge is 0.210 e. The van der Waals surface area contributed by atoms with Crippen LogP contribution in [-0.4, -0.2) is 25.0 Å². The molecular weight excluding hydrogens is 238 g/mol. The largest absolute Gasteiger partial charge is 0.496 e. The van der Waals surface area contributed by atoms with Crippen LogP contribution in [0.15, 0.2) is 36.4 Å². The van der Waals surface area contributed by atoms with E-state index >= 15 is 0 Å². The Hall–Kier alpha value is -1.77. The number of likely N-dealkylation sites (tertiary alicyclic amines) is 1. The second kappa shape index (κ2) is 5.08. The van der Waals surface area contributed by atoms with Gasteiger partial charge in [-0.25, -0.2) is 0 Å². The summed E-state index contributed by atoms with van der Waals surface area (Å²) in [4.78, 5) is 13.3. The summed E-state index contributed by atoms with van der Waals surface area (Å²) >= 11 is 0. The van der Waals surface area contributed by atoms with Gasteiger partial charge in [-0.1, -0.05) is 37.3 Å². The summed E-state index contributed by atoms with van der Waals surface area (Å²) in [6.07, 6.45) is 1.81. The molecule has 0 saturated carbocycles. The number of amides is 1. The fourth-order valence-electron chi connectivity index (χ4n) is 2.97. The van der Waals surface area contributed by atoms with Crippen molar-refractivity contribution in [2.24, 2.45) is 5.92 Å². The molecule has 1 heterocycles. The molecule has 0 radical (unpaired) electrons. The molecule has 0 spiro atoms. The van der Waals surface area contributed by atoms with Crippen LogP contribution in [0.25, 0.3) is 0 Å². The SMILES string of the molecule is C=C1CCN(C=O)C(C)(c2ccccc2OC)C1C. The first-order valence-electron chi connectivity index (χ1n) is 6.59. The third-order valence-electron chi connectivity index (χ3n) is 4.51. The number of rotatable bonds is 3. The minimum absolute atomic E-state index is 0.197. The highest BCUT2D eigenvalue weighted by molar-refractivity contribution is 5.54. The van der Waals surface area contributed by atoms with Crippen molar-refractivity contribution in [3.63, 3.8) is 0 Å². The van der Waals surface area contributed by atoms with Gasteiger partial charge in [-0.3, -0.25) is 4.79 Å². The number of para-hydroxylation sites is 1. The van der Waals surface area contributed by atoms with Gasteiger partial charge in [0.25, 0.3) is 0 Å². The van der Waals surface area contributed by atoms with Crippen LogP contribution >= 0.6 is 0 Å². The molecule has 0 aromatic heterocycles. The van der Waals surface area contributed by atoms with Crippen molar-refractivity contribution in [2.75, 3.05) is 13.7 Å². The second-order valence-corrected chi connectivity index (χ2v) is 5.28. The number of benzene rings is 1. The molecule has 2 unspecified atom stereocenters. The summed E-state index contributed by atoms with van der Waals surface area (Å²) in [5, 5.41) is 0. The zero-order valence-electron chi connectivity index (χ0n) is 11.8. The van der Waals surface area contributed by atoms with Gasteiger partial charge in [0.15, 0.2) is 0 Å². The van der Waals surface area contributed by atoms with E-state index in [2.05, 4.69) is 20.4 Å². The predicted molar refractivity (Wildman–Crippen MR) is 76.0 cm³/mol. The Morgan fingerprint density at radius 2 is 2.16 bits per heavy atom. The van der Waals surface area contributed by atoms with E-state index in [0.717, 1.165) is 24.1 Å². The molecule has 102 valence electrons. The molecule has 1 fully saturated rings. The number of carbonyl (C=O) groups excluding carboxylic acids is 1. The third-order valence-corrected chi connectivity index (χ3v) is 4.51. The van der Waals surface area contributed by atoms with Crippen LogP contribution in [0.5, 0.6) is 5.75 Å². The van der Waals surface area contributed by atoms with Crippen LogP contribution in [0.2, 0.25) is 0 Å². The van der Waals surface area contributed by atoms with Crippen molar-refractivity contribution in [1.29, 1.82) is 0 Å². The van der Waals surface area contributed by atoms with Gasteiger partial charge in [0.05, 0.1) is 12.6 Å². The Labute approximate surface area is 114 Å². The van der Waals surface area contributed by atoms with Gasteiger partial charge in [-0.05, 0) is 19.4 Å². The molecule has 1 amide bonds. The van der Waals surface area contributed by atoms with Gasteiger partial charge >= 0.3 is 0 Å². The molecule has 1 aromatic rings. The molecule has 3 nitrogen and oxygen atoms in total. The summed E-state index contributed by atoms with van der Waals surface area (Å²) in [7, 11) is 1.66. The topological polar surface area (TPSA) is 29.5 Å². The van der Waals surface area contributed by atoms with Crippen LogP contribution in [0.1, 0.15) is 25.8 Å². The fraction of sp³-hybridized carbons (Fsp3) is 0.438. The average molecular weight is 259 g/mol. The van der Waals surface area contributed by atoms with Gasteiger partial charge in [0.1, 0.15) is 5.75 Å². The molecule has 0 aliphatic carbocycles.